The zero-order valence-electron chi connectivity index (χ0n) is 10.1. The number of methoxy groups -OCH3 is 1. The molecule has 0 unspecified atom stereocenters. The van der Waals surface area contributed by atoms with E-state index in [9.17, 15) is 0 Å². The highest BCUT2D eigenvalue weighted by Crippen LogP contribution is 2.14. The molecule has 0 bridgehead atoms. The molecule has 3 heteroatoms. The highest BCUT2D eigenvalue weighted by atomic mass is 16.5. The van der Waals surface area contributed by atoms with Crippen LogP contribution in [-0.2, 0) is 6.42 Å². The first-order valence-corrected chi connectivity index (χ1v) is 5.51. The fraction of sp³-hybridized carbons (Fsp3) is 0.462. The molecule has 1 aromatic rings. The summed E-state index contributed by atoms with van der Waals surface area (Å²) in [4.78, 5) is 0. The fourth-order valence-corrected chi connectivity index (χ4v) is 1.52. The van der Waals surface area contributed by atoms with Crippen molar-refractivity contribution in [3.63, 3.8) is 0 Å². The van der Waals surface area contributed by atoms with Crippen molar-refractivity contribution in [2.45, 2.75) is 26.7 Å². The summed E-state index contributed by atoms with van der Waals surface area (Å²) in [6.07, 6.45) is 1.68. The van der Waals surface area contributed by atoms with Crippen molar-refractivity contribution >= 4 is 5.71 Å². The van der Waals surface area contributed by atoms with Crippen LogP contribution in [0.1, 0.15) is 25.8 Å². The monoisotopic (exact) mass is 221 g/mol. The van der Waals surface area contributed by atoms with Crippen molar-refractivity contribution in [3.05, 3.63) is 29.8 Å². The number of rotatable bonds is 5. The molecular weight excluding hydrogens is 202 g/mol. The lowest BCUT2D eigenvalue weighted by Crippen LogP contribution is -2.08. The molecule has 0 aliphatic rings. The second kappa shape index (κ2) is 6.16. The van der Waals surface area contributed by atoms with E-state index in [4.69, 9.17) is 9.94 Å². The predicted octanol–water partition coefficient (Wildman–Crippen LogP) is 3.11. The summed E-state index contributed by atoms with van der Waals surface area (Å²) in [6.45, 7) is 4.06. The lowest BCUT2D eigenvalue weighted by atomic mass is 10.0. The van der Waals surface area contributed by atoms with Crippen molar-refractivity contribution in [2.75, 3.05) is 7.11 Å². The number of hydrogen-bond acceptors (Lipinski definition) is 3. The summed E-state index contributed by atoms with van der Waals surface area (Å²) in [7, 11) is 1.66. The maximum Gasteiger partial charge on any atom is 0.118 e. The SMILES string of the molecule is COc1ccc(CC/C(=N/O)C(C)C)cc1. The number of aryl methyl sites for hydroxylation is 1. The molecule has 16 heavy (non-hydrogen) atoms. The molecule has 0 atom stereocenters. The van der Waals surface area contributed by atoms with Gasteiger partial charge >= 0.3 is 0 Å². The standard InChI is InChI=1S/C13H19NO2/c1-10(2)13(14-15)9-6-11-4-7-12(16-3)8-5-11/h4-5,7-8,10,15H,6,9H2,1-3H3/b14-13-. The Labute approximate surface area is 96.7 Å². The smallest absolute Gasteiger partial charge is 0.118 e. The topological polar surface area (TPSA) is 41.8 Å². The third-order valence-electron chi connectivity index (χ3n) is 2.62. The Morgan fingerprint density at radius 2 is 1.94 bits per heavy atom. The van der Waals surface area contributed by atoms with Crippen LogP contribution in [0.2, 0.25) is 0 Å². The summed E-state index contributed by atoms with van der Waals surface area (Å²) >= 11 is 0. The van der Waals surface area contributed by atoms with E-state index in [1.807, 2.05) is 38.1 Å². The molecule has 0 aliphatic carbocycles. The van der Waals surface area contributed by atoms with Gasteiger partial charge in [0.2, 0.25) is 0 Å². The number of nitrogens with zero attached hydrogens (tertiary/aromatic N) is 1. The van der Waals surface area contributed by atoms with Gasteiger partial charge in [-0.25, -0.2) is 0 Å². The highest BCUT2D eigenvalue weighted by molar-refractivity contribution is 5.85. The second-order valence-electron chi connectivity index (χ2n) is 4.09. The summed E-state index contributed by atoms with van der Waals surface area (Å²) in [5.41, 5.74) is 2.07. The van der Waals surface area contributed by atoms with Gasteiger partial charge in [0.1, 0.15) is 5.75 Å². The van der Waals surface area contributed by atoms with Crippen LogP contribution >= 0.6 is 0 Å². The molecule has 1 aromatic carbocycles. The second-order valence-corrected chi connectivity index (χ2v) is 4.09. The van der Waals surface area contributed by atoms with Crippen molar-refractivity contribution < 1.29 is 9.94 Å². The zero-order valence-corrected chi connectivity index (χ0v) is 10.1. The van der Waals surface area contributed by atoms with Crippen molar-refractivity contribution in [1.29, 1.82) is 0 Å². The molecule has 0 aliphatic heterocycles. The minimum absolute atomic E-state index is 0.295. The van der Waals surface area contributed by atoms with Gasteiger partial charge in [-0.2, -0.15) is 0 Å². The van der Waals surface area contributed by atoms with Crippen LogP contribution in [0.4, 0.5) is 0 Å². The van der Waals surface area contributed by atoms with E-state index in [0.717, 1.165) is 24.3 Å². The first kappa shape index (κ1) is 12.6. The summed E-state index contributed by atoms with van der Waals surface area (Å²) in [5.74, 6) is 1.16. The Balaban J connectivity index is 2.54. The van der Waals surface area contributed by atoms with Crippen LogP contribution in [-0.4, -0.2) is 18.0 Å². The van der Waals surface area contributed by atoms with Crippen LogP contribution in [0.15, 0.2) is 29.4 Å². The van der Waals surface area contributed by atoms with E-state index in [1.165, 1.54) is 5.56 Å². The molecule has 0 saturated carbocycles. The quantitative estimate of drug-likeness (QED) is 0.471. The molecule has 0 saturated heterocycles. The van der Waals surface area contributed by atoms with Gasteiger partial charge in [-0.15, -0.1) is 0 Å². The Morgan fingerprint density at radius 3 is 2.38 bits per heavy atom. The Morgan fingerprint density at radius 1 is 1.31 bits per heavy atom. The van der Waals surface area contributed by atoms with Gasteiger partial charge in [-0.05, 0) is 36.5 Å². The number of ether oxygens (including phenoxy) is 1. The number of oxime groups is 1. The van der Waals surface area contributed by atoms with Crippen LogP contribution in [0.3, 0.4) is 0 Å². The molecule has 0 aromatic heterocycles. The average Bonchev–Trinajstić information content (AvgIpc) is 2.30. The fourth-order valence-electron chi connectivity index (χ4n) is 1.52. The minimum atomic E-state index is 0.295. The maximum absolute atomic E-state index is 8.82. The lowest BCUT2D eigenvalue weighted by molar-refractivity contribution is 0.314. The van der Waals surface area contributed by atoms with Crippen molar-refractivity contribution in [3.8, 4) is 5.75 Å². The molecule has 0 fully saturated rings. The van der Waals surface area contributed by atoms with E-state index in [0.29, 0.717) is 5.92 Å². The minimum Gasteiger partial charge on any atom is -0.497 e. The third kappa shape index (κ3) is 3.57. The normalized spacial score (nSPS) is 11.9. The largest absolute Gasteiger partial charge is 0.497 e. The number of benzene rings is 1. The average molecular weight is 221 g/mol. The molecule has 88 valence electrons. The summed E-state index contributed by atoms with van der Waals surface area (Å²) in [6, 6.07) is 7.96. The molecule has 1 rings (SSSR count). The van der Waals surface area contributed by atoms with E-state index in [-0.39, 0.29) is 0 Å². The first-order chi connectivity index (χ1) is 7.67. The third-order valence-corrected chi connectivity index (χ3v) is 2.62. The molecule has 0 heterocycles. The predicted molar refractivity (Wildman–Crippen MR) is 65.4 cm³/mol. The number of hydrogen-bond donors (Lipinski definition) is 1. The highest BCUT2D eigenvalue weighted by Gasteiger charge is 2.06. The Hall–Kier alpha value is -1.51. The summed E-state index contributed by atoms with van der Waals surface area (Å²) < 4.78 is 5.09. The summed E-state index contributed by atoms with van der Waals surface area (Å²) in [5, 5.41) is 12.2. The Bertz CT molecular complexity index is 341. The van der Waals surface area contributed by atoms with Gasteiger partial charge < -0.3 is 9.94 Å². The van der Waals surface area contributed by atoms with Gasteiger partial charge in [-0.3, -0.25) is 0 Å². The van der Waals surface area contributed by atoms with Crippen LogP contribution in [0, 0.1) is 5.92 Å². The van der Waals surface area contributed by atoms with Gasteiger partial charge in [0, 0.05) is 0 Å². The van der Waals surface area contributed by atoms with E-state index in [1.54, 1.807) is 7.11 Å². The first-order valence-electron chi connectivity index (χ1n) is 5.51. The molecular formula is C13H19NO2. The maximum atomic E-state index is 8.82. The van der Waals surface area contributed by atoms with Gasteiger partial charge in [0.15, 0.2) is 0 Å². The van der Waals surface area contributed by atoms with E-state index in [2.05, 4.69) is 5.16 Å². The Kier molecular flexibility index (Phi) is 4.83. The van der Waals surface area contributed by atoms with Crippen LogP contribution in [0.25, 0.3) is 0 Å². The molecule has 1 N–H and O–H groups in total. The van der Waals surface area contributed by atoms with Gasteiger partial charge in [0.25, 0.3) is 0 Å². The molecule has 0 spiro atoms. The molecule has 0 amide bonds. The zero-order chi connectivity index (χ0) is 12.0. The van der Waals surface area contributed by atoms with Gasteiger partial charge in [-0.1, -0.05) is 31.1 Å². The van der Waals surface area contributed by atoms with E-state index < -0.39 is 0 Å². The molecule has 0 radical (unpaired) electrons. The van der Waals surface area contributed by atoms with E-state index >= 15 is 0 Å². The van der Waals surface area contributed by atoms with Crippen molar-refractivity contribution in [1.82, 2.24) is 0 Å². The lowest BCUT2D eigenvalue weighted by Gasteiger charge is -2.08. The van der Waals surface area contributed by atoms with Gasteiger partial charge in [0.05, 0.1) is 12.8 Å². The molecule has 3 nitrogen and oxygen atoms in total. The van der Waals surface area contributed by atoms with Crippen molar-refractivity contribution in [2.24, 2.45) is 11.1 Å². The van der Waals surface area contributed by atoms with Crippen LogP contribution in [0.5, 0.6) is 5.75 Å². The van der Waals surface area contributed by atoms with Crippen LogP contribution < -0.4 is 4.74 Å².